The number of fused-ring (bicyclic) bond motifs is 6. The standard InChI is InChI=1S/C51H32N4O2/c1-4-13-33(14-5-1)34-23-27-39(28-24-34)55(38-17-8-3-9-18-38)44-21-12-20-42-41-29-25-37(32-47(41)57-48(42)44)51-53-49(35-15-6-2-7-16-35)52-50(54-51)36-26-30-46-43(31-36)40-19-10-11-22-45(40)56-46/h1-32H. The molecule has 0 fully saturated rings. The quantitative estimate of drug-likeness (QED) is 0.162. The van der Waals surface area contributed by atoms with Crippen molar-refractivity contribution in [3.8, 4) is 45.3 Å². The molecule has 0 saturated carbocycles. The minimum Gasteiger partial charge on any atom is -0.456 e. The van der Waals surface area contributed by atoms with E-state index in [0.717, 1.165) is 83.2 Å². The van der Waals surface area contributed by atoms with Gasteiger partial charge in [0.15, 0.2) is 23.1 Å². The fourth-order valence-electron chi connectivity index (χ4n) is 7.75. The van der Waals surface area contributed by atoms with Crippen molar-refractivity contribution >= 4 is 60.9 Å². The zero-order chi connectivity index (χ0) is 37.7. The third-order valence-electron chi connectivity index (χ3n) is 10.5. The Balaban J connectivity index is 1.04. The molecule has 6 nitrogen and oxygen atoms in total. The summed E-state index contributed by atoms with van der Waals surface area (Å²) in [4.78, 5) is 17.4. The molecule has 0 saturated heterocycles. The molecule has 0 radical (unpaired) electrons. The van der Waals surface area contributed by atoms with Gasteiger partial charge in [0.2, 0.25) is 0 Å². The number of benzene rings is 8. The monoisotopic (exact) mass is 732 g/mol. The average Bonchev–Trinajstić information content (AvgIpc) is 3.86. The Bertz CT molecular complexity index is 3230. The van der Waals surface area contributed by atoms with Crippen LogP contribution in [0, 0.1) is 0 Å². The van der Waals surface area contributed by atoms with E-state index in [4.69, 9.17) is 23.8 Å². The lowest BCUT2D eigenvalue weighted by atomic mass is 10.0. The van der Waals surface area contributed by atoms with Gasteiger partial charge in [0, 0.05) is 49.6 Å². The van der Waals surface area contributed by atoms with Crippen LogP contribution in [0.3, 0.4) is 0 Å². The maximum absolute atomic E-state index is 6.85. The predicted molar refractivity (Wildman–Crippen MR) is 231 cm³/mol. The number of aromatic nitrogens is 3. The van der Waals surface area contributed by atoms with Crippen molar-refractivity contribution in [2.24, 2.45) is 0 Å². The highest BCUT2D eigenvalue weighted by atomic mass is 16.3. The van der Waals surface area contributed by atoms with Crippen LogP contribution >= 0.6 is 0 Å². The van der Waals surface area contributed by atoms with Gasteiger partial charge < -0.3 is 13.7 Å². The molecule has 0 bridgehead atoms. The lowest BCUT2D eigenvalue weighted by Gasteiger charge is -2.25. The van der Waals surface area contributed by atoms with Crippen LogP contribution in [0.2, 0.25) is 0 Å². The first kappa shape index (κ1) is 32.6. The zero-order valence-corrected chi connectivity index (χ0v) is 30.6. The third-order valence-corrected chi connectivity index (χ3v) is 10.5. The number of hydrogen-bond donors (Lipinski definition) is 0. The SMILES string of the molecule is c1ccc(-c2ccc(N(c3ccccc3)c3cccc4c3oc3cc(-c5nc(-c6ccccc6)nc(-c6ccc7oc8ccccc8c7c6)n5)ccc34)cc2)cc1. The molecule has 0 spiro atoms. The van der Waals surface area contributed by atoms with Crippen LogP contribution in [0.1, 0.15) is 0 Å². The molecule has 6 heteroatoms. The van der Waals surface area contributed by atoms with Gasteiger partial charge in [-0.1, -0.05) is 127 Å². The lowest BCUT2D eigenvalue weighted by molar-refractivity contribution is 0.668. The van der Waals surface area contributed by atoms with Gasteiger partial charge in [-0.25, -0.2) is 15.0 Å². The summed E-state index contributed by atoms with van der Waals surface area (Å²) in [5.41, 5.74) is 11.2. The van der Waals surface area contributed by atoms with Crippen LogP contribution < -0.4 is 4.90 Å². The molecule has 3 heterocycles. The minimum absolute atomic E-state index is 0.558. The number of nitrogens with zero attached hydrogens (tertiary/aromatic N) is 4. The van der Waals surface area contributed by atoms with E-state index in [9.17, 15) is 0 Å². The molecule has 0 amide bonds. The molecule has 0 aliphatic heterocycles. The smallest absolute Gasteiger partial charge is 0.164 e. The molecule has 0 unspecified atom stereocenters. The van der Waals surface area contributed by atoms with Gasteiger partial charge in [-0.2, -0.15) is 0 Å². The van der Waals surface area contributed by atoms with E-state index in [1.165, 1.54) is 5.56 Å². The molecule has 11 aromatic rings. The van der Waals surface area contributed by atoms with Crippen LogP contribution in [0.15, 0.2) is 203 Å². The first-order valence-electron chi connectivity index (χ1n) is 18.9. The molecule has 57 heavy (non-hydrogen) atoms. The highest BCUT2D eigenvalue weighted by Gasteiger charge is 2.21. The van der Waals surface area contributed by atoms with Crippen molar-refractivity contribution in [2.75, 3.05) is 4.90 Å². The maximum atomic E-state index is 6.85. The van der Waals surface area contributed by atoms with Crippen molar-refractivity contribution in [3.63, 3.8) is 0 Å². The second kappa shape index (κ2) is 13.5. The summed E-state index contributed by atoms with van der Waals surface area (Å²) in [7, 11) is 0. The van der Waals surface area contributed by atoms with E-state index in [-0.39, 0.29) is 0 Å². The van der Waals surface area contributed by atoms with Crippen molar-refractivity contribution in [1.82, 2.24) is 15.0 Å². The van der Waals surface area contributed by atoms with Crippen molar-refractivity contribution in [1.29, 1.82) is 0 Å². The second-order valence-electron chi connectivity index (χ2n) is 14.0. The first-order valence-corrected chi connectivity index (χ1v) is 18.9. The van der Waals surface area contributed by atoms with Crippen LogP contribution in [-0.2, 0) is 0 Å². The van der Waals surface area contributed by atoms with Crippen LogP contribution in [0.4, 0.5) is 17.1 Å². The van der Waals surface area contributed by atoms with E-state index in [2.05, 4.69) is 120 Å². The van der Waals surface area contributed by atoms with Gasteiger partial charge in [0.25, 0.3) is 0 Å². The summed E-state index contributed by atoms with van der Waals surface area (Å²) >= 11 is 0. The molecule has 268 valence electrons. The summed E-state index contributed by atoms with van der Waals surface area (Å²) in [6.45, 7) is 0. The maximum Gasteiger partial charge on any atom is 0.164 e. The second-order valence-corrected chi connectivity index (χ2v) is 14.0. The highest BCUT2D eigenvalue weighted by Crippen LogP contribution is 2.43. The van der Waals surface area contributed by atoms with E-state index in [0.29, 0.717) is 17.5 Å². The Kier molecular flexibility index (Phi) is 7.71. The molecule has 0 aliphatic carbocycles. The lowest BCUT2D eigenvalue weighted by Crippen LogP contribution is -2.10. The molecule has 0 aliphatic rings. The molecular weight excluding hydrogens is 701 g/mol. The average molecular weight is 733 g/mol. The number of furan rings is 2. The largest absolute Gasteiger partial charge is 0.456 e. The Morgan fingerprint density at radius 2 is 0.842 bits per heavy atom. The van der Waals surface area contributed by atoms with Crippen molar-refractivity contribution < 1.29 is 8.83 Å². The Hall–Kier alpha value is -7.83. The summed E-state index contributed by atoms with van der Waals surface area (Å²) in [5.74, 6) is 1.73. The van der Waals surface area contributed by atoms with E-state index < -0.39 is 0 Å². The van der Waals surface area contributed by atoms with Crippen LogP contribution in [0.5, 0.6) is 0 Å². The highest BCUT2D eigenvalue weighted by molar-refractivity contribution is 6.11. The molecule has 0 atom stereocenters. The predicted octanol–water partition coefficient (Wildman–Crippen LogP) is 13.8. The van der Waals surface area contributed by atoms with E-state index >= 15 is 0 Å². The first-order chi connectivity index (χ1) is 28.2. The minimum atomic E-state index is 0.558. The molecule has 8 aromatic carbocycles. The molecule has 0 N–H and O–H groups in total. The van der Waals surface area contributed by atoms with Gasteiger partial charge in [0.1, 0.15) is 16.7 Å². The third kappa shape index (κ3) is 5.79. The Morgan fingerprint density at radius 3 is 1.60 bits per heavy atom. The summed E-state index contributed by atoms with van der Waals surface area (Å²) in [5, 5.41) is 4.11. The molecule has 3 aromatic heterocycles. The number of anilines is 3. The zero-order valence-electron chi connectivity index (χ0n) is 30.6. The number of rotatable bonds is 7. The van der Waals surface area contributed by atoms with Crippen molar-refractivity contribution in [3.05, 3.63) is 194 Å². The summed E-state index contributed by atoms with van der Waals surface area (Å²) < 4.78 is 13.0. The van der Waals surface area contributed by atoms with Gasteiger partial charge in [-0.05, 0) is 77.9 Å². The number of hydrogen-bond acceptors (Lipinski definition) is 6. The normalized spacial score (nSPS) is 11.5. The van der Waals surface area contributed by atoms with Gasteiger partial charge in [0.05, 0.1) is 5.69 Å². The van der Waals surface area contributed by atoms with Crippen LogP contribution in [0.25, 0.3) is 89.2 Å². The van der Waals surface area contributed by atoms with E-state index in [1.54, 1.807) is 0 Å². The summed E-state index contributed by atoms with van der Waals surface area (Å²) in [6.07, 6.45) is 0. The fraction of sp³-hybridized carbons (Fsp3) is 0. The number of para-hydroxylation sites is 3. The van der Waals surface area contributed by atoms with Gasteiger partial charge in [-0.3, -0.25) is 0 Å². The van der Waals surface area contributed by atoms with Crippen LogP contribution in [-0.4, -0.2) is 15.0 Å². The topological polar surface area (TPSA) is 68.2 Å². The Labute approximate surface area is 328 Å². The van der Waals surface area contributed by atoms with Gasteiger partial charge >= 0.3 is 0 Å². The molecule has 11 rings (SSSR count). The van der Waals surface area contributed by atoms with Gasteiger partial charge in [-0.15, -0.1) is 0 Å². The Morgan fingerprint density at radius 1 is 0.316 bits per heavy atom. The van der Waals surface area contributed by atoms with Crippen molar-refractivity contribution in [2.45, 2.75) is 0 Å². The summed E-state index contributed by atoms with van der Waals surface area (Å²) in [6, 6.07) is 66.3. The van der Waals surface area contributed by atoms with E-state index in [1.807, 2.05) is 78.9 Å². The fourth-order valence-corrected chi connectivity index (χ4v) is 7.75. The molecular formula is C51H32N4O2.